The molecular formula is C12H14ClF3N2O2S. The molecule has 0 spiro atoms. The number of benzene rings is 1. The molecule has 2 N–H and O–H groups in total. The van der Waals surface area contributed by atoms with Crippen LogP contribution < -0.4 is 5.73 Å². The Bertz CT molecular complexity index is 634. The van der Waals surface area contributed by atoms with Crippen molar-refractivity contribution in [2.45, 2.75) is 17.5 Å². The number of halogens is 4. The highest BCUT2D eigenvalue weighted by atomic mass is 35.5. The first-order chi connectivity index (χ1) is 9.66. The van der Waals surface area contributed by atoms with Gasteiger partial charge >= 0.3 is 6.18 Å². The molecule has 1 aliphatic rings. The van der Waals surface area contributed by atoms with Crippen molar-refractivity contribution in [3.63, 3.8) is 0 Å². The maximum Gasteiger partial charge on any atom is 0.417 e. The fourth-order valence-corrected chi connectivity index (χ4v) is 4.19. The molecular weight excluding hydrogens is 329 g/mol. The standard InChI is InChI=1S/C12H14ClF3N2O2S/c13-9-1-2-11(10(5-9)12(14,15)16)21(19,20)18-4-3-8(6-17)7-18/h1-2,5,8H,3-4,6-7,17H2. The van der Waals surface area contributed by atoms with Crippen molar-refractivity contribution >= 4 is 21.6 Å². The lowest BCUT2D eigenvalue weighted by Crippen LogP contribution is -2.31. The van der Waals surface area contributed by atoms with Gasteiger partial charge in [-0.05, 0) is 37.1 Å². The Morgan fingerprint density at radius 1 is 1.38 bits per heavy atom. The topological polar surface area (TPSA) is 63.4 Å². The zero-order valence-electron chi connectivity index (χ0n) is 10.9. The number of hydrogen-bond acceptors (Lipinski definition) is 3. The second-order valence-corrected chi connectivity index (χ2v) is 7.23. The Morgan fingerprint density at radius 2 is 2.05 bits per heavy atom. The number of nitrogens with zero attached hydrogens (tertiary/aromatic N) is 1. The van der Waals surface area contributed by atoms with Gasteiger partial charge in [0.1, 0.15) is 0 Å². The van der Waals surface area contributed by atoms with Crippen molar-refractivity contribution in [1.29, 1.82) is 0 Å². The normalized spacial score (nSPS) is 20.9. The van der Waals surface area contributed by atoms with E-state index >= 15 is 0 Å². The molecule has 1 unspecified atom stereocenters. The summed E-state index contributed by atoms with van der Waals surface area (Å²) in [6.45, 7) is 0.613. The van der Waals surface area contributed by atoms with Gasteiger partial charge in [0.15, 0.2) is 0 Å². The molecule has 0 radical (unpaired) electrons. The summed E-state index contributed by atoms with van der Waals surface area (Å²) in [5, 5.41) is -0.164. The van der Waals surface area contributed by atoms with Crippen LogP contribution in [-0.4, -0.2) is 32.4 Å². The summed E-state index contributed by atoms with van der Waals surface area (Å²) < 4.78 is 65.0. The average molecular weight is 343 g/mol. The van der Waals surface area contributed by atoms with E-state index in [4.69, 9.17) is 17.3 Å². The average Bonchev–Trinajstić information content (AvgIpc) is 2.86. The minimum atomic E-state index is -4.79. The van der Waals surface area contributed by atoms with Crippen LogP contribution in [0.15, 0.2) is 23.1 Å². The van der Waals surface area contributed by atoms with Gasteiger partial charge in [-0.2, -0.15) is 17.5 Å². The first-order valence-electron chi connectivity index (χ1n) is 6.23. The molecule has 4 nitrogen and oxygen atoms in total. The molecule has 2 rings (SSSR count). The first kappa shape index (κ1) is 16.5. The smallest absolute Gasteiger partial charge is 0.330 e. The van der Waals surface area contributed by atoms with E-state index in [-0.39, 0.29) is 24.0 Å². The molecule has 9 heteroatoms. The highest BCUT2D eigenvalue weighted by Crippen LogP contribution is 2.37. The van der Waals surface area contributed by atoms with Gasteiger partial charge in [0, 0.05) is 18.1 Å². The number of rotatable bonds is 3. The molecule has 1 aromatic carbocycles. The van der Waals surface area contributed by atoms with Crippen molar-refractivity contribution in [2.75, 3.05) is 19.6 Å². The first-order valence-corrected chi connectivity index (χ1v) is 8.05. The molecule has 0 amide bonds. The Morgan fingerprint density at radius 3 is 2.57 bits per heavy atom. The van der Waals surface area contributed by atoms with E-state index < -0.39 is 26.7 Å². The van der Waals surface area contributed by atoms with Crippen LogP contribution in [0, 0.1) is 5.92 Å². The fraction of sp³-hybridized carbons (Fsp3) is 0.500. The molecule has 0 saturated carbocycles. The maximum atomic E-state index is 13.0. The molecule has 1 atom stereocenters. The third-order valence-electron chi connectivity index (χ3n) is 3.45. The van der Waals surface area contributed by atoms with Gasteiger partial charge in [0.2, 0.25) is 10.0 Å². The molecule has 1 fully saturated rings. The summed E-state index contributed by atoms with van der Waals surface area (Å²) in [5.74, 6) is -0.0265. The highest BCUT2D eigenvalue weighted by molar-refractivity contribution is 7.89. The number of nitrogens with two attached hydrogens (primary N) is 1. The van der Waals surface area contributed by atoms with Crippen LogP contribution in [0.4, 0.5) is 13.2 Å². The van der Waals surface area contributed by atoms with Gasteiger partial charge in [-0.25, -0.2) is 8.42 Å². The summed E-state index contributed by atoms with van der Waals surface area (Å²) in [5.41, 5.74) is 4.23. The van der Waals surface area contributed by atoms with Crippen molar-refractivity contribution in [1.82, 2.24) is 4.31 Å². The summed E-state index contributed by atoms with van der Waals surface area (Å²) in [6, 6.07) is 2.67. The molecule has 1 saturated heterocycles. The Labute approximate surface area is 125 Å². The zero-order valence-corrected chi connectivity index (χ0v) is 12.5. The van der Waals surface area contributed by atoms with E-state index in [9.17, 15) is 21.6 Å². The van der Waals surface area contributed by atoms with E-state index in [1.54, 1.807) is 0 Å². The molecule has 0 aliphatic carbocycles. The van der Waals surface area contributed by atoms with Crippen LogP contribution in [0.3, 0.4) is 0 Å². The lowest BCUT2D eigenvalue weighted by Gasteiger charge is -2.20. The van der Waals surface area contributed by atoms with Crippen LogP contribution in [0.25, 0.3) is 0 Å². The predicted octanol–water partition coefficient (Wildman–Crippen LogP) is 2.33. The van der Waals surface area contributed by atoms with E-state index in [1.807, 2.05) is 0 Å². The molecule has 1 aromatic rings. The van der Waals surface area contributed by atoms with Crippen molar-refractivity contribution in [3.8, 4) is 0 Å². The second kappa shape index (κ2) is 5.75. The third-order valence-corrected chi connectivity index (χ3v) is 5.61. The van der Waals surface area contributed by atoms with Crippen molar-refractivity contribution in [3.05, 3.63) is 28.8 Å². The fourth-order valence-electron chi connectivity index (χ4n) is 2.30. The lowest BCUT2D eigenvalue weighted by atomic mass is 10.1. The number of hydrogen-bond donors (Lipinski definition) is 1. The minimum absolute atomic E-state index is 0.0265. The minimum Gasteiger partial charge on any atom is -0.330 e. The van der Waals surface area contributed by atoms with Gasteiger partial charge in [-0.3, -0.25) is 0 Å². The predicted molar refractivity (Wildman–Crippen MR) is 72.4 cm³/mol. The lowest BCUT2D eigenvalue weighted by molar-refractivity contribution is -0.139. The maximum absolute atomic E-state index is 13.0. The summed E-state index contributed by atoms with van der Waals surface area (Å²) in [4.78, 5) is -0.767. The molecule has 1 aliphatic heterocycles. The summed E-state index contributed by atoms with van der Waals surface area (Å²) in [7, 11) is -4.21. The van der Waals surface area contributed by atoms with Gasteiger partial charge in [0.25, 0.3) is 0 Å². The monoisotopic (exact) mass is 342 g/mol. The largest absolute Gasteiger partial charge is 0.417 e. The molecule has 0 bridgehead atoms. The van der Waals surface area contributed by atoms with Gasteiger partial charge in [0.05, 0.1) is 10.5 Å². The number of alkyl halides is 3. The van der Waals surface area contributed by atoms with E-state index in [0.29, 0.717) is 19.0 Å². The van der Waals surface area contributed by atoms with Crippen LogP contribution in [0.2, 0.25) is 5.02 Å². The summed E-state index contributed by atoms with van der Waals surface area (Å²) in [6.07, 6.45) is -4.25. The van der Waals surface area contributed by atoms with E-state index in [2.05, 4.69) is 0 Å². The highest BCUT2D eigenvalue weighted by Gasteiger charge is 2.40. The molecule has 1 heterocycles. The van der Waals surface area contributed by atoms with Gasteiger partial charge in [-0.1, -0.05) is 11.6 Å². The Balaban J connectivity index is 2.46. The second-order valence-electron chi connectivity index (χ2n) is 4.89. The van der Waals surface area contributed by atoms with E-state index in [1.165, 1.54) is 0 Å². The van der Waals surface area contributed by atoms with Gasteiger partial charge < -0.3 is 5.73 Å². The molecule has 118 valence electrons. The van der Waals surface area contributed by atoms with Crippen LogP contribution in [0.5, 0.6) is 0 Å². The van der Waals surface area contributed by atoms with Crippen molar-refractivity contribution in [2.24, 2.45) is 11.7 Å². The Kier molecular flexibility index (Phi) is 4.53. The quantitative estimate of drug-likeness (QED) is 0.917. The van der Waals surface area contributed by atoms with E-state index in [0.717, 1.165) is 16.4 Å². The SMILES string of the molecule is NCC1CCN(S(=O)(=O)c2ccc(Cl)cc2C(F)(F)F)C1. The van der Waals surface area contributed by atoms with Crippen LogP contribution in [0.1, 0.15) is 12.0 Å². The van der Waals surface area contributed by atoms with Crippen molar-refractivity contribution < 1.29 is 21.6 Å². The summed E-state index contributed by atoms with van der Waals surface area (Å²) >= 11 is 5.55. The van der Waals surface area contributed by atoms with Gasteiger partial charge in [-0.15, -0.1) is 0 Å². The molecule has 21 heavy (non-hydrogen) atoms. The van der Waals surface area contributed by atoms with Crippen LogP contribution in [-0.2, 0) is 16.2 Å². The zero-order chi connectivity index (χ0) is 15.8. The molecule has 0 aromatic heterocycles. The van der Waals surface area contributed by atoms with Crippen LogP contribution >= 0.6 is 11.6 Å². The Hall–Kier alpha value is -0.830. The number of sulfonamides is 1. The third kappa shape index (κ3) is 3.33.